The van der Waals surface area contributed by atoms with E-state index in [4.69, 9.17) is 11.6 Å². The molecule has 1 aliphatic rings. The lowest BCUT2D eigenvalue weighted by Gasteiger charge is -2.40. The van der Waals surface area contributed by atoms with Gasteiger partial charge in [-0.2, -0.15) is 0 Å². The van der Waals surface area contributed by atoms with Crippen molar-refractivity contribution in [3.63, 3.8) is 0 Å². The molecule has 108 valence electrons. The number of hydrogen-bond donors (Lipinski definition) is 1. The molecule has 0 atom stereocenters. The molecule has 1 heterocycles. The predicted molar refractivity (Wildman–Crippen MR) is 82.8 cm³/mol. The lowest BCUT2D eigenvalue weighted by molar-refractivity contribution is 0.0697. The summed E-state index contributed by atoms with van der Waals surface area (Å²) in [5, 5.41) is 9.86. The number of anilines is 1. The highest BCUT2D eigenvalue weighted by Crippen LogP contribution is 2.37. The van der Waals surface area contributed by atoms with Crippen molar-refractivity contribution in [3.05, 3.63) is 41.4 Å². The molecule has 4 heteroatoms. The van der Waals surface area contributed by atoms with Crippen LogP contribution in [0.15, 0.2) is 30.9 Å². The number of rotatable bonds is 4. The van der Waals surface area contributed by atoms with E-state index in [-0.39, 0.29) is 5.41 Å². The number of benzene rings is 1. The van der Waals surface area contributed by atoms with Crippen LogP contribution in [0, 0.1) is 5.41 Å². The predicted octanol–water partition coefficient (Wildman–Crippen LogP) is 4.22. The number of nitrogens with zero attached hydrogens (tertiary/aromatic N) is 1. The van der Waals surface area contributed by atoms with E-state index in [0.717, 1.165) is 38.0 Å². The Morgan fingerprint density at radius 3 is 2.70 bits per heavy atom. The van der Waals surface area contributed by atoms with Gasteiger partial charge in [-0.3, -0.25) is 0 Å². The van der Waals surface area contributed by atoms with Crippen molar-refractivity contribution in [1.82, 2.24) is 0 Å². The largest absolute Gasteiger partial charge is 0.478 e. The fourth-order valence-corrected chi connectivity index (χ4v) is 2.95. The molecule has 0 unspecified atom stereocenters. The standard InChI is InChI=1S/C16H20ClNO2/c1-3-6-16(2)7-9-18(10-8-16)14-11-12(17)4-5-13(14)15(19)20/h3-5,11H,1,6-10H2,2H3,(H,19,20). The van der Waals surface area contributed by atoms with Gasteiger partial charge in [0.1, 0.15) is 0 Å². The number of allylic oxidation sites excluding steroid dienone is 1. The molecule has 1 aromatic rings. The maximum Gasteiger partial charge on any atom is 0.337 e. The van der Waals surface area contributed by atoms with Crippen molar-refractivity contribution < 1.29 is 9.90 Å². The van der Waals surface area contributed by atoms with E-state index >= 15 is 0 Å². The number of aromatic carboxylic acids is 1. The summed E-state index contributed by atoms with van der Waals surface area (Å²) in [6.07, 6.45) is 5.04. The summed E-state index contributed by atoms with van der Waals surface area (Å²) in [6.45, 7) is 7.79. The van der Waals surface area contributed by atoms with Gasteiger partial charge in [-0.15, -0.1) is 6.58 Å². The molecule has 1 fully saturated rings. The van der Waals surface area contributed by atoms with Crippen LogP contribution in [0.5, 0.6) is 0 Å². The highest BCUT2D eigenvalue weighted by Gasteiger charge is 2.30. The van der Waals surface area contributed by atoms with Crippen LogP contribution >= 0.6 is 11.6 Å². The van der Waals surface area contributed by atoms with Gasteiger partial charge in [-0.05, 0) is 42.9 Å². The zero-order valence-corrected chi connectivity index (χ0v) is 12.5. The maximum absolute atomic E-state index is 11.3. The Morgan fingerprint density at radius 1 is 1.50 bits per heavy atom. The van der Waals surface area contributed by atoms with Gasteiger partial charge in [0.2, 0.25) is 0 Å². The second-order valence-corrected chi connectivity index (χ2v) is 6.19. The second-order valence-electron chi connectivity index (χ2n) is 5.76. The minimum Gasteiger partial charge on any atom is -0.478 e. The third-order valence-electron chi connectivity index (χ3n) is 4.14. The van der Waals surface area contributed by atoms with Crippen molar-refractivity contribution in [1.29, 1.82) is 0 Å². The molecule has 1 aromatic carbocycles. The number of carboxylic acids is 1. The molecule has 0 aromatic heterocycles. The molecule has 0 saturated carbocycles. The third-order valence-corrected chi connectivity index (χ3v) is 4.37. The molecule has 3 nitrogen and oxygen atoms in total. The first-order chi connectivity index (χ1) is 9.45. The number of carboxylic acid groups (broad SMARTS) is 1. The van der Waals surface area contributed by atoms with Crippen LogP contribution in [0.3, 0.4) is 0 Å². The van der Waals surface area contributed by atoms with E-state index in [2.05, 4.69) is 18.4 Å². The first-order valence-electron chi connectivity index (χ1n) is 6.84. The van der Waals surface area contributed by atoms with Gasteiger partial charge in [0.15, 0.2) is 0 Å². The minimum absolute atomic E-state index is 0.278. The van der Waals surface area contributed by atoms with E-state index in [0.29, 0.717) is 10.6 Å². The molecule has 1 aliphatic heterocycles. The highest BCUT2D eigenvalue weighted by atomic mass is 35.5. The molecule has 0 aliphatic carbocycles. The van der Waals surface area contributed by atoms with Gasteiger partial charge in [0.25, 0.3) is 0 Å². The smallest absolute Gasteiger partial charge is 0.337 e. The van der Waals surface area contributed by atoms with Crippen molar-refractivity contribution >= 4 is 23.3 Å². The molecule has 0 bridgehead atoms. The quantitative estimate of drug-likeness (QED) is 0.845. The SMILES string of the molecule is C=CCC1(C)CCN(c2cc(Cl)ccc2C(=O)O)CC1. The molecule has 2 rings (SSSR count). The van der Waals surface area contributed by atoms with Gasteiger partial charge in [-0.1, -0.05) is 24.6 Å². The van der Waals surface area contributed by atoms with Crippen LogP contribution < -0.4 is 4.90 Å². The Hall–Kier alpha value is -1.48. The van der Waals surface area contributed by atoms with E-state index in [1.165, 1.54) is 0 Å². The van der Waals surface area contributed by atoms with Crippen LogP contribution in [-0.4, -0.2) is 24.2 Å². The van der Waals surface area contributed by atoms with Gasteiger partial charge >= 0.3 is 5.97 Å². The van der Waals surface area contributed by atoms with Gasteiger partial charge < -0.3 is 10.0 Å². The summed E-state index contributed by atoms with van der Waals surface area (Å²) in [6, 6.07) is 4.96. The molecular formula is C16H20ClNO2. The molecule has 20 heavy (non-hydrogen) atoms. The van der Waals surface area contributed by atoms with Gasteiger partial charge in [0.05, 0.1) is 11.3 Å². The second kappa shape index (κ2) is 5.88. The van der Waals surface area contributed by atoms with Crippen molar-refractivity contribution in [2.45, 2.75) is 26.2 Å². The number of piperidine rings is 1. The summed E-state index contributed by atoms with van der Waals surface area (Å²) in [5.74, 6) is -0.906. The fraction of sp³-hybridized carbons (Fsp3) is 0.438. The molecule has 0 radical (unpaired) electrons. The Kier molecular flexibility index (Phi) is 4.39. The molecular weight excluding hydrogens is 274 g/mol. The molecule has 1 saturated heterocycles. The van der Waals surface area contributed by atoms with Crippen LogP contribution in [0.1, 0.15) is 36.5 Å². The number of hydrogen-bond acceptors (Lipinski definition) is 2. The fourth-order valence-electron chi connectivity index (χ4n) is 2.79. The third kappa shape index (κ3) is 3.15. The lowest BCUT2D eigenvalue weighted by atomic mass is 9.77. The Balaban J connectivity index is 2.20. The topological polar surface area (TPSA) is 40.5 Å². The van der Waals surface area contributed by atoms with Gasteiger partial charge in [0, 0.05) is 18.1 Å². The van der Waals surface area contributed by atoms with E-state index in [9.17, 15) is 9.90 Å². The first kappa shape index (κ1) is 14.9. The van der Waals surface area contributed by atoms with E-state index in [1.54, 1.807) is 18.2 Å². The summed E-state index contributed by atoms with van der Waals surface area (Å²) in [5.41, 5.74) is 1.33. The number of carbonyl (C=O) groups is 1. The van der Waals surface area contributed by atoms with Crippen molar-refractivity contribution in [2.75, 3.05) is 18.0 Å². The van der Waals surface area contributed by atoms with Crippen LogP contribution in [0.2, 0.25) is 5.02 Å². The first-order valence-corrected chi connectivity index (χ1v) is 7.22. The minimum atomic E-state index is -0.906. The normalized spacial score (nSPS) is 17.8. The highest BCUT2D eigenvalue weighted by molar-refractivity contribution is 6.31. The summed E-state index contributed by atoms with van der Waals surface area (Å²) in [4.78, 5) is 13.4. The average Bonchev–Trinajstić information content (AvgIpc) is 2.39. The summed E-state index contributed by atoms with van der Waals surface area (Å²) < 4.78 is 0. The zero-order chi connectivity index (χ0) is 14.8. The maximum atomic E-state index is 11.3. The van der Waals surface area contributed by atoms with Crippen molar-refractivity contribution in [3.8, 4) is 0 Å². The molecule has 0 spiro atoms. The van der Waals surface area contributed by atoms with E-state index < -0.39 is 5.97 Å². The zero-order valence-electron chi connectivity index (χ0n) is 11.7. The summed E-state index contributed by atoms with van der Waals surface area (Å²) >= 11 is 6.01. The molecule has 1 N–H and O–H groups in total. The Bertz CT molecular complexity index is 519. The summed E-state index contributed by atoms with van der Waals surface area (Å²) in [7, 11) is 0. The lowest BCUT2D eigenvalue weighted by Crippen LogP contribution is -2.39. The van der Waals surface area contributed by atoms with Gasteiger partial charge in [-0.25, -0.2) is 4.79 Å². The van der Waals surface area contributed by atoms with Crippen LogP contribution in [0.4, 0.5) is 5.69 Å². The molecule has 0 amide bonds. The Morgan fingerprint density at radius 2 is 2.15 bits per heavy atom. The Labute approximate surface area is 124 Å². The number of halogens is 1. The van der Waals surface area contributed by atoms with Crippen LogP contribution in [0.25, 0.3) is 0 Å². The van der Waals surface area contributed by atoms with Crippen LogP contribution in [-0.2, 0) is 0 Å². The average molecular weight is 294 g/mol. The van der Waals surface area contributed by atoms with Crippen molar-refractivity contribution in [2.24, 2.45) is 5.41 Å². The monoisotopic (exact) mass is 293 g/mol. The van der Waals surface area contributed by atoms with E-state index in [1.807, 2.05) is 6.08 Å².